The van der Waals surface area contributed by atoms with Gasteiger partial charge in [-0.1, -0.05) is 23.2 Å². The molecule has 0 bridgehead atoms. The molecule has 0 saturated carbocycles. The van der Waals surface area contributed by atoms with Gasteiger partial charge in [-0.3, -0.25) is 11.3 Å². The topological polar surface area (TPSA) is 67.5 Å². The molecule has 1 atom stereocenters. The maximum atomic E-state index is 10.2. The van der Waals surface area contributed by atoms with Crippen LogP contribution in [0.4, 0.5) is 0 Å². The SMILES string of the molecule is COc1c(Cl)cc(Cl)cc1C(C)(O)CNN. The van der Waals surface area contributed by atoms with Crippen molar-refractivity contribution in [3.63, 3.8) is 0 Å². The van der Waals surface area contributed by atoms with Crippen LogP contribution in [0.15, 0.2) is 12.1 Å². The van der Waals surface area contributed by atoms with E-state index in [1.807, 2.05) is 0 Å². The molecule has 16 heavy (non-hydrogen) atoms. The van der Waals surface area contributed by atoms with Gasteiger partial charge in [0.15, 0.2) is 0 Å². The molecule has 0 aliphatic heterocycles. The van der Waals surface area contributed by atoms with Gasteiger partial charge in [0.1, 0.15) is 11.4 Å². The molecule has 0 fully saturated rings. The highest BCUT2D eigenvalue weighted by Gasteiger charge is 2.28. The average Bonchev–Trinajstić information content (AvgIpc) is 2.16. The Morgan fingerprint density at radius 2 is 2.12 bits per heavy atom. The van der Waals surface area contributed by atoms with E-state index in [1.165, 1.54) is 7.11 Å². The minimum absolute atomic E-state index is 0.153. The van der Waals surface area contributed by atoms with Crippen LogP contribution in [0, 0.1) is 0 Å². The third-order valence-corrected chi connectivity index (χ3v) is 2.74. The van der Waals surface area contributed by atoms with Gasteiger partial charge < -0.3 is 9.84 Å². The lowest BCUT2D eigenvalue weighted by Gasteiger charge is -2.26. The minimum Gasteiger partial charge on any atom is -0.495 e. The van der Waals surface area contributed by atoms with Crippen LogP contribution in [0.3, 0.4) is 0 Å². The molecule has 0 saturated heterocycles. The Bertz CT molecular complexity index is 383. The predicted molar refractivity (Wildman–Crippen MR) is 64.8 cm³/mol. The van der Waals surface area contributed by atoms with Crippen LogP contribution in [0.2, 0.25) is 10.0 Å². The van der Waals surface area contributed by atoms with Gasteiger partial charge in [-0.2, -0.15) is 0 Å². The van der Waals surface area contributed by atoms with Crippen LogP contribution < -0.4 is 16.0 Å². The molecule has 0 spiro atoms. The summed E-state index contributed by atoms with van der Waals surface area (Å²) in [6.07, 6.45) is 0. The van der Waals surface area contributed by atoms with Gasteiger partial charge in [-0.25, -0.2) is 0 Å². The molecule has 0 aromatic heterocycles. The number of halogens is 2. The van der Waals surface area contributed by atoms with Crippen LogP contribution in [0.5, 0.6) is 5.75 Å². The molecule has 1 rings (SSSR count). The number of hydrogen-bond acceptors (Lipinski definition) is 4. The molecule has 0 aliphatic carbocycles. The Kier molecular flexibility index (Phi) is 4.41. The van der Waals surface area contributed by atoms with Gasteiger partial charge >= 0.3 is 0 Å². The number of nitrogens with one attached hydrogen (secondary N) is 1. The number of rotatable bonds is 4. The standard InChI is InChI=1S/C10H14Cl2N2O2/c1-10(15,5-14-13)7-3-6(11)4-8(12)9(7)16-2/h3-4,14-15H,5,13H2,1-2H3. The largest absolute Gasteiger partial charge is 0.495 e. The van der Waals surface area contributed by atoms with Crippen molar-refractivity contribution in [3.8, 4) is 5.75 Å². The molecule has 1 aromatic carbocycles. The minimum atomic E-state index is -1.21. The first-order valence-corrected chi connectivity index (χ1v) is 5.37. The Morgan fingerprint density at radius 3 is 2.62 bits per heavy atom. The highest BCUT2D eigenvalue weighted by Crippen LogP contribution is 2.37. The summed E-state index contributed by atoms with van der Waals surface area (Å²) in [5, 5.41) is 11.0. The number of nitrogens with two attached hydrogens (primary N) is 1. The van der Waals surface area contributed by atoms with E-state index < -0.39 is 5.60 Å². The zero-order chi connectivity index (χ0) is 12.3. The summed E-state index contributed by atoms with van der Waals surface area (Å²) < 4.78 is 5.14. The lowest BCUT2D eigenvalue weighted by molar-refractivity contribution is 0.0546. The maximum Gasteiger partial charge on any atom is 0.143 e. The molecule has 90 valence electrons. The van der Waals surface area contributed by atoms with Crippen molar-refractivity contribution in [2.45, 2.75) is 12.5 Å². The second-order valence-corrected chi connectivity index (χ2v) is 4.47. The van der Waals surface area contributed by atoms with Crippen molar-refractivity contribution in [3.05, 3.63) is 27.7 Å². The van der Waals surface area contributed by atoms with Gasteiger partial charge in [-0.05, 0) is 19.1 Å². The first-order valence-electron chi connectivity index (χ1n) is 4.61. The molecule has 1 unspecified atom stereocenters. The quantitative estimate of drug-likeness (QED) is 0.572. The monoisotopic (exact) mass is 264 g/mol. The summed E-state index contributed by atoms with van der Waals surface area (Å²) in [4.78, 5) is 0. The number of hydrazine groups is 1. The van der Waals surface area contributed by atoms with Crippen molar-refractivity contribution in [1.82, 2.24) is 5.43 Å². The Hall–Kier alpha value is -0.520. The molecule has 4 nitrogen and oxygen atoms in total. The normalized spacial score (nSPS) is 14.6. The lowest BCUT2D eigenvalue weighted by Crippen LogP contribution is -2.39. The van der Waals surface area contributed by atoms with Crippen LogP contribution in [0.1, 0.15) is 12.5 Å². The van der Waals surface area contributed by atoms with E-state index in [0.717, 1.165) is 0 Å². The second-order valence-electron chi connectivity index (χ2n) is 3.62. The highest BCUT2D eigenvalue weighted by molar-refractivity contribution is 6.35. The van der Waals surface area contributed by atoms with E-state index in [9.17, 15) is 5.11 Å². The second kappa shape index (κ2) is 5.21. The third kappa shape index (κ3) is 2.78. The number of ether oxygens (including phenoxy) is 1. The van der Waals surface area contributed by atoms with Gasteiger partial charge in [0.05, 0.1) is 12.1 Å². The Labute approximate surface area is 104 Å². The van der Waals surface area contributed by atoms with Gasteiger partial charge in [-0.15, -0.1) is 0 Å². The number of hydrogen-bond donors (Lipinski definition) is 3. The average molecular weight is 265 g/mol. The third-order valence-electron chi connectivity index (χ3n) is 2.24. The van der Waals surface area contributed by atoms with Crippen LogP contribution in [-0.4, -0.2) is 18.8 Å². The fraction of sp³-hybridized carbons (Fsp3) is 0.400. The molecular formula is C10H14Cl2N2O2. The van der Waals surface area contributed by atoms with E-state index in [-0.39, 0.29) is 6.54 Å². The van der Waals surface area contributed by atoms with E-state index in [2.05, 4.69) is 5.43 Å². The molecule has 0 heterocycles. The summed E-state index contributed by atoms with van der Waals surface area (Å²) in [7, 11) is 1.48. The summed E-state index contributed by atoms with van der Waals surface area (Å²) in [5.41, 5.74) is 1.68. The smallest absolute Gasteiger partial charge is 0.143 e. The molecule has 1 aromatic rings. The molecular weight excluding hydrogens is 251 g/mol. The fourth-order valence-corrected chi connectivity index (χ4v) is 2.03. The van der Waals surface area contributed by atoms with Crippen LogP contribution in [-0.2, 0) is 5.60 Å². The predicted octanol–water partition coefficient (Wildman–Crippen LogP) is 1.67. The number of aliphatic hydroxyl groups is 1. The van der Waals surface area contributed by atoms with E-state index in [4.69, 9.17) is 33.8 Å². The molecule has 0 amide bonds. The first-order chi connectivity index (χ1) is 7.42. The Balaban J connectivity index is 3.30. The summed E-state index contributed by atoms with van der Waals surface area (Å²) in [6, 6.07) is 3.15. The van der Waals surface area contributed by atoms with E-state index in [1.54, 1.807) is 19.1 Å². The summed E-state index contributed by atoms with van der Waals surface area (Å²) >= 11 is 11.9. The fourth-order valence-electron chi connectivity index (χ4n) is 1.46. The molecule has 0 radical (unpaired) electrons. The van der Waals surface area contributed by atoms with Crippen molar-refractivity contribution < 1.29 is 9.84 Å². The number of methoxy groups -OCH3 is 1. The Morgan fingerprint density at radius 1 is 1.50 bits per heavy atom. The van der Waals surface area contributed by atoms with Crippen LogP contribution >= 0.6 is 23.2 Å². The van der Waals surface area contributed by atoms with Gasteiger partial charge in [0.25, 0.3) is 0 Å². The zero-order valence-corrected chi connectivity index (χ0v) is 10.6. The zero-order valence-electron chi connectivity index (χ0n) is 9.05. The van der Waals surface area contributed by atoms with Crippen molar-refractivity contribution in [2.75, 3.05) is 13.7 Å². The van der Waals surface area contributed by atoms with E-state index >= 15 is 0 Å². The van der Waals surface area contributed by atoms with E-state index in [0.29, 0.717) is 21.4 Å². The molecule has 6 heteroatoms. The molecule has 4 N–H and O–H groups in total. The van der Waals surface area contributed by atoms with Gasteiger partial charge in [0, 0.05) is 17.1 Å². The lowest BCUT2D eigenvalue weighted by atomic mass is 9.95. The molecule has 0 aliphatic rings. The van der Waals surface area contributed by atoms with Gasteiger partial charge in [0.2, 0.25) is 0 Å². The van der Waals surface area contributed by atoms with Crippen LogP contribution in [0.25, 0.3) is 0 Å². The summed E-state index contributed by atoms with van der Waals surface area (Å²) in [6.45, 7) is 1.75. The first kappa shape index (κ1) is 13.5. The number of benzene rings is 1. The van der Waals surface area contributed by atoms with Crippen molar-refractivity contribution >= 4 is 23.2 Å². The van der Waals surface area contributed by atoms with Crippen molar-refractivity contribution in [2.24, 2.45) is 5.84 Å². The maximum absolute atomic E-state index is 10.2. The highest BCUT2D eigenvalue weighted by atomic mass is 35.5. The van der Waals surface area contributed by atoms with Crippen molar-refractivity contribution in [1.29, 1.82) is 0 Å². The summed E-state index contributed by atoms with van der Waals surface area (Å²) in [5.74, 6) is 5.60.